The molecule has 1 aliphatic heterocycles. The Labute approximate surface area is 147 Å². The van der Waals surface area contributed by atoms with Crippen LogP contribution in [0.1, 0.15) is 24.2 Å². The number of likely N-dealkylation sites (tertiary alicyclic amines) is 1. The van der Waals surface area contributed by atoms with Gasteiger partial charge in [-0.1, -0.05) is 6.07 Å². The van der Waals surface area contributed by atoms with Gasteiger partial charge in [0.15, 0.2) is 17.2 Å². The second-order valence-electron chi connectivity index (χ2n) is 6.34. The second-order valence-corrected chi connectivity index (χ2v) is 6.34. The lowest BCUT2D eigenvalue weighted by Crippen LogP contribution is -2.57. The Balaban J connectivity index is 1.61. The highest BCUT2D eigenvalue weighted by Crippen LogP contribution is 2.24. The first kappa shape index (κ1) is 18.2. The zero-order chi connectivity index (χ0) is 18.7. The molecule has 10 heteroatoms. The quantitative estimate of drug-likeness (QED) is 0.575. The number of carbonyl (C=O) groups excluding carboxylic acids is 1. The van der Waals surface area contributed by atoms with E-state index in [0.29, 0.717) is 24.4 Å². The Morgan fingerprint density at radius 1 is 1.31 bits per heavy atom. The summed E-state index contributed by atoms with van der Waals surface area (Å²) in [6.45, 7) is 0.671. The molecule has 0 spiro atoms. The number of halogens is 2. The highest BCUT2D eigenvalue weighted by atomic mass is 19.2. The van der Waals surface area contributed by atoms with Gasteiger partial charge in [0.05, 0.1) is 6.54 Å². The maximum absolute atomic E-state index is 13.3. The van der Waals surface area contributed by atoms with Gasteiger partial charge in [0.25, 0.3) is 5.91 Å². The van der Waals surface area contributed by atoms with Gasteiger partial charge in [-0.2, -0.15) is 5.10 Å². The number of piperidine rings is 1. The van der Waals surface area contributed by atoms with Crippen LogP contribution in [0.5, 0.6) is 0 Å². The van der Waals surface area contributed by atoms with Gasteiger partial charge in [-0.25, -0.2) is 18.7 Å². The molecule has 2 heterocycles. The zero-order valence-corrected chi connectivity index (χ0v) is 13.9. The van der Waals surface area contributed by atoms with Gasteiger partial charge >= 0.3 is 5.69 Å². The lowest BCUT2D eigenvalue weighted by atomic mass is 9.91. The number of aromatic nitrogens is 3. The Bertz CT molecular complexity index is 852. The van der Waals surface area contributed by atoms with Crippen LogP contribution in [0.2, 0.25) is 0 Å². The van der Waals surface area contributed by atoms with Crippen LogP contribution >= 0.6 is 0 Å². The van der Waals surface area contributed by atoms with Crippen molar-refractivity contribution < 1.29 is 18.7 Å². The van der Waals surface area contributed by atoms with Gasteiger partial charge in [0.2, 0.25) is 0 Å². The normalized spacial score (nSPS) is 20.6. The number of aromatic amines is 2. The van der Waals surface area contributed by atoms with Crippen molar-refractivity contribution >= 4 is 5.91 Å². The summed E-state index contributed by atoms with van der Waals surface area (Å²) < 4.78 is 26.4. The highest BCUT2D eigenvalue weighted by Gasteiger charge is 2.41. The molecular formula is C16H19F2N5O3. The van der Waals surface area contributed by atoms with Crippen LogP contribution in [0.4, 0.5) is 8.78 Å². The molecule has 140 valence electrons. The van der Waals surface area contributed by atoms with Crippen molar-refractivity contribution in [1.29, 1.82) is 0 Å². The molecule has 1 saturated heterocycles. The summed E-state index contributed by atoms with van der Waals surface area (Å²) in [4.78, 5) is 27.5. The van der Waals surface area contributed by atoms with E-state index in [1.807, 2.05) is 0 Å². The molecular weight excluding hydrogens is 348 g/mol. The van der Waals surface area contributed by atoms with E-state index < -0.39 is 28.8 Å². The standard InChI is InChI=1S/C16H19F2N5O3/c17-11-3-2-10(6-12(11)18)8-23-5-1-4-16(26,14(23)24)9-19-7-13-20-15(25)22-21-13/h2-3,6,19,26H,1,4-5,7-9H2,(H2,20,21,22,25)/t16-/m0/s1. The summed E-state index contributed by atoms with van der Waals surface area (Å²) in [5.74, 6) is -2.04. The Hall–Kier alpha value is -2.59. The lowest BCUT2D eigenvalue weighted by Gasteiger charge is -2.38. The summed E-state index contributed by atoms with van der Waals surface area (Å²) in [7, 11) is 0. The molecule has 0 saturated carbocycles. The topological polar surface area (TPSA) is 114 Å². The minimum Gasteiger partial charge on any atom is -0.379 e. The van der Waals surface area contributed by atoms with Crippen LogP contribution in [0.25, 0.3) is 0 Å². The van der Waals surface area contributed by atoms with E-state index in [1.165, 1.54) is 11.0 Å². The molecule has 4 N–H and O–H groups in total. The molecule has 1 aliphatic rings. The van der Waals surface area contributed by atoms with Gasteiger partial charge in [-0.05, 0) is 30.5 Å². The van der Waals surface area contributed by atoms with Crippen molar-refractivity contribution in [2.24, 2.45) is 0 Å². The lowest BCUT2D eigenvalue weighted by molar-refractivity contribution is -0.157. The first-order chi connectivity index (χ1) is 12.4. The molecule has 0 unspecified atom stereocenters. The number of aliphatic hydroxyl groups is 1. The van der Waals surface area contributed by atoms with Crippen LogP contribution in [0, 0.1) is 11.6 Å². The van der Waals surface area contributed by atoms with Crippen molar-refractivity contribution in [3.8, 4) is 0 Å². The van der Waals surface area contributed by atoms with Crippen LogP contribution in [0.3, 0.4) is 0 Å². The smallest absolute Gasteiger partial charge is 0.340 e. The van der Waals surface area contributed by atoms with Crippen molar-refractivity contribution in [2.75, 3.05) is 13.1 Å². The molecule has 3 rings (SSSR count). The maximum Gasteiger partial charge on any atom is 0.340 e. The van der Waals surface area contributed by atoms with Crippen LogP contribution in [-0.4, -0.2) is 49.8 Å². The largest absolute Gasteiger partial charge is 0.379 e. The predicted molar refractivity (Wildman–Crippen MR) is 86.9 cm³/mol. The van der Waals surface area contributed by atoms with Gasteiger partial charge in [0.1, 0.15) is 5.82 Å². The average molecular weight is 367 g/mol. The number of amides is 1. The number of hydrogen-bond donors (Lipinski definition) is 4. The Kier molecular flexibility index (Phi) is 5.14. The molecule has 2 aromatic rings. The van der Waals surface area contributed by atoms with Crippen LogP contribution < -0.4 is 11.0 Å². The molecule has 0 bridgehead atoms. The van der Waals surface area contributed by atoms with Crippen LogP contribution in [-0.2, 0) is 17.9 Å². The minimum absolute atomic E-state index is 0.0188. The van der Waals surface area contributed by atoms with Gasteiger partial charge in [-0.15, -0.1) is 0 Å². The molecule has 0 aliphatic carbocycles. The molecule has 0 radical (unpaired) electrons. The third kappa shape index (κ3) is 3.97. The van der Waals surface area contributed by atoms with Gasteiger partial charge in [-0.3, -0.25) is 9.78 Å². The number of nitrogens with zero attached hydrogens (tertiary/aromatic N) is 2. The SMILES string of the molecule is O=C1N(Cc2ccc(F)c(F)c2)CCC[C@]1(O)CNCc1n[nH]c(=O)[nH]1. The van der Waals surface area contributed by atoms with Crippen molar-refractivity contribution in [3.05, 3.63) is 51.7 Å². The number of hydrogen-bond acceptors (Lipinski definition) is 5. The summed E-state index contributed by atoms with van der Waals surface area (Å²) in [6, 6.07) is 3.46. The number of H-pyrrole nitrogens is 2. The molecule has 1 amide bonds. The van der Waals surface area contributed by atoms with E-state index in [2.05, 4.69) is 20.5 Å². The summed E-state index contributed by atoms with van der Waals surface area (Å²) in [6.07, 6.45) is 0.858. The second kappa shape index (κ2) is 7.34. The van der Waals surface area contributed by atoms with E-state index in [0.717, 1.165) is 12.1 Å². The van der Waals surface area contributed by atoms with E-state index >= 15 is 0 Å². The van der Waals surface area contributed by atoms with Crippen LogP contribution in [0.15, 0.2) is 23.0 Å². The highest BCUT2D eigenvalue weighted by molar-refractivity contribution is 5.86. The zero-order valence-electron chi connectivity index (χ0n) is 13.9. The van der Waals surface area contributed by atoms with Crippen molar-refractivity contribution in [1.82, 2.24) is 25.4 Å². The monoisotopic (exact) mass is 367 g/mol. The Morgan fingerprint density at radius 3 is 2.81 bits per heavy atom. The van der Waals surface area contributed by atoms with Gasteiger partial charge in [0, 0.05) is 19.6 Å². The third-order valence-electron chi connectivity index (χ3n) is 4.32. The number of benzene rings is 1. The molecule has 1 atom stereocenters. The predicted octanol–water partition coefficient (Wildman–Crippen LogP) is 0.0195. The minimum atomic E-state index is -1.60. The molecule has 1 fully saturated rings. The molecule has 26 heavy (non-hydrogen) atoms. The third-order valence-corrected chi connectivity index (χ3v) is 4.32. The number of carbonyl (C=O) groups is 1. The summed E-state index contributed by atoms with van der Waals surface area (Å²) in [5.41, 5.74) is -1.59. The molecule has 8 nitrogen and oxygen atoms in total. The van der Waals surface area contributed by atoms with Crippen molar-refractivity contribution in [3.63, 3.8) is 0 Å². The number of nitrogens with one attached hydrogen (secondary N) is 3. The Morgan fingerprint density at radius 2 is 2.12 bits per heavy atom. The fourth-order valence-corrected chi connectivity index (χ4v) is 3.02. The molecule has 1 aromatic heterocycles. The fraction of sp³-hybridized carbons (Fsp3) is 0.438. The van der Waals surface area contributed by atoms with E-state index in [9.17, 15) is 23.5 Å². The first-order valence-electron chi connectivity index (χ1n) is 8.17. The summed E-state index contributed by atoms with van der Waals surface area (Å²) >= 11 is 0. The molecule has 1 aromatic carbocycles. The van der Waals surface area contributed by atoms with E-state index in [1.54, 1.807) is 0 Å². The number of rotatable bonds is 6. The average Bonchev–Trinajstić information content (AvgIpc) is 3.01. The van der Waals surface area contributed by atoms with E-state index in [-0.39, 0.29) is 26.1 Å². The first-order valence-corrected chi connectivity index (χ1v) is 8.17. The van der Waals surface area contributed by atoms with Crippen molar-refractivity contribution in [2.45, 2.75) is 31.5 Å². The maximum atomic E-state index is 13.3. The van der Waals surface area contributed by atoms with E-state index in [4.69, 9.17) is 0 Å². The summed E-state index contributed by atoms with van der Waals surface area (Å²) in [5, 5.41) is 19.5. The van der Waals surface area contributed by atoms with Gasteiger partial charge < -0.3 is 15.3 Å². The fourth-order valence-electron chi connectivity index (χ4n) is 3.02.